The van der Waals surface area contributed by atoms with Gasteiger partial charge in [-0.2, -0.15) is 0 Å². The average molecular weight is 273 g/mol. The van der Waals surface area contributed by atoms with Gasteiger partial charge in [-0.25, -0.2) is 4.79 Å². The van der Waals surface area contributed by atoms with Crippen LogP contribution in [0.3, 0.4) is 0 Å². The molecule has 2 N–H and O–H groups in total. The number of aliphatic carboxylic acids is 1. The second kappa shape index (κ2) is 6.04. The quantitative estimate of drug-likeness (QED) is 0.709. The molecule has 0 heterocycles. The number of hydrogen-bond donors (Lipinski definition) is 2. The first-order valence-corrected chi connectivity index (χ1v) is 6.10. The van der Waals surface area contributed by atoms with Crippen LogP contribution < -0.4 is 5.32 Å². The van der Waals surface area contributed by atoms with Crippen LogP contribution in [0.15, 0.2) is 0 Å². The van der Waals surface area contributed by atoms with Crippen LogP contribution in [-0.2, 0) is 19.1 Å². The maximum Gasteiger partial charge on any atom is 0.330 e. The van der Waals surface area contributed by atoms with Gasteiger partial charge >= 0.3 is 11.9 Å². The van der Waals surface area contributed by atoms with Crippen LogP contribution >= 0.6 is 0 Å². The van der Waals surface area contributed by atoms with Crippen molar-refractivity contribution in [2.45, 2.75) is 46.6 Å². The zero-order chi connectivity index (χ0) is 15.4. The van der Waals surface area contributed by atoms with Crippen LogP contribution in [0.2, 0.25) is 0 Å². The Bertz CT molecular complexity index is 375. The van der Waals surface area contributed by atoms with Crippen molar-refractivity contribution in [2.24, 2.45) is 11.3 Å². The fourth-order valence-corrected chi connectivity index (χ4v) is 1.56. The molecular weight excluding hydrogens is 250 g/mol. The molecule has 0 aliphatic carbocycles. The van der Waals surface area contributed by atoms with Crippen molar-refractivity contribution in [1.82, 2.24) is 5.32 Å². The largest absolute Gasteiger partial charge is 0.481 e. The standard InChI is InChI=1S/C13H23NO5/c1-8(2)13(5,10(16)17)7-9(15)14-12(3,4)11(18)19-6/h8H,7H2,1-6H3,(H,14,15)(H,16,17). The second-order valence-corrected chi connectivity index (χ2v) is 5.72. The zero-order valence-corrected chi connectivity index (χ0v) is 12.4. The van der Waals surface area contributed by atoms with E-state index in [1.54, 1.807) is 13.8 Å². The van der Waals surface area contributed by atoms with Crippen molar-refractivity contribution in [2.75, 3.05) is 7.11 Å². The van der Waals surface area contributed by atoms with E-state index in [1.807, 2.05) is 0 Å². The monoisotopic (exact) mass is 273 g/mol. The van der Waals surface area contributed by atoms with E-state index in [-0.39, 0.29) is 12.3 Å². The molecule has 1 unspecified atom stereocenters. The fraction of sp³-hybridized carbons (Fsp3) is 0.769. The van der Waals surface area contributed by atoms with Gasteiger partial charge in [-0.1, -0.05) is 13.8 Å². The first-order valence-electron chi connectivity index (χ1n) is 6.10. The Hall–Kier alpha value is -1.59. The number of carboxylic acid groups (broad SMARTS) is 1. The third-order valence-corrected chi connectivity index (χ3v) is 3.44. The van der Waals surface area contributed by atoms with E-state index >= 15 is 0 Å². The summed E-state index contributed by atoms with van der Waals surface area (Å²) in [5.41, 5.74) is -2.35. The Morgan fingerprint density at radius 1 is 1.21 bits per heavy atom. The molecule has 110 valence electrons. The first kappa shape index (κ1) is 17.4. The number of ether oxygens (including phenoxy) is 1. The molecule has 1 atom stereocenters. The third kappa shape index (κ3) is 4.22. The average Bonchev–Trinajstić information content (AvgIpc) is 2.25. The van der Waals surface area contributed by atoms with E-state index in [2.05, 4.69) is 10.1 Å². The number of carbonyl (C=O) groups is 3. The van der Waals surface area contributed by atoms with Crippen molar-refractivity contribution in [3.63, 3.8) is 0 Å². The molecule has 0 fully saturated rings. The van der Waals surface area contributed by atoms with Gasteiger partial charge in [0.2, 0.25) is 5.91 Å². The molecule has 0 saturated heterocycles. The zero-order valence-electron chi connectivity index (χ0n) is 12.4. The van der Waals surface area contributed by atoms with Crippen molar-refractivity contribution in [3.05, 3.63) is 0 Å². The number of hydrogen-bond acceptors (Lipinski definition) is 4. The van der Waals surface area contributed by atoms with Gasteiger partial charge in [0.1, 0.15) is 5.54 Å². The topological polar surface area (TPSA) is 92.7 Å². The predicted octanol–water partition coefficient (Wildman–Crippen LogP) is 1.19. The number of carboxylic acids is 1. The van der Waals surface area contributed by atoms with Gasteiger partial charge in [0, 0.05) is 6.42 Å². The van der Waals surface area contributed by atoms with Crippen molar-refractivity contribution < 1.29 is 24.2 Å². The Labute approximate surface area is 113 Å². The van der Waals surface area contributed by atoms with Crippen LogP contribution in [0.25, 0.3) is 0 Å². The van der Waals surface area contributed by atoms with Gasteiger partial charge in [-0.15, -0.1) is 0 Å². The molecule has 6 heteroatoms. The summed E-state index contributed by atoms with van der Waals surface area (Å²) in [7, 11) is 1.23. The van der Waals surface area contributed by atoms with E-state index < -0.39 is 28.8 Å². The summed E-state index contributed by atoms with van der Waals surface area (Å²) >= 11 is 0. The number of methoxy groups -OCH3 is 1. The normalized spacial score (nSPS) is 14.7. The molecule has 0 aromatic rings. The van der Waals surface area contributed by atoms with E-state index in [1.165, 1.54) is 27.9 Å². The number of carbonyl (C=O) groups excluding carboxylic acids is 2. The lowest BCUT2D eigenvalue weighted by Gasteiger charge is -2.30. The van der Waals surface area contributed by atoms with E-state index in [9.17, 15) is 19.5 Å². The summed E-state index contributed by atoms with van der Waals surface area (Å²) in [4.78, 5) is 34.7. The SMILES string of the molecule is COC(=O)C(C)(C)NC(=O)CC(C)(C(=O)O)C(C)C. The molecule has 19 heavy (non-hydrogen) atoms. The van der Waals surface area contributed by atoms with Gasteiger partial charge in [0.05, 0.1) is 12.5 Å². The minimum absolute atomic E-state index is 0.194. The van der Waals surface area contributed by atoms with E-state index in [4.69, 9.17) is 0 Å². The van der Waals surface area contributed by atoms with Gasteiger partial charge in [0.25, 0.3) is 0 Å². The minimum Gasteiger partial charge on any atom is -0.481 e. The van der Waals surface area contributed by atoms with Gasteiger partial charge in [0.15, 0.2) is 0 Å². The molecule has 6 nitrogen and oxygen atoms in total. The molecular formula is C13H23NO5. The van der Waals surface area contributed by atoms with Gasteiger partial charge in [-0.05, 0) is 26.7 Å². The number of amides is 1. The van der Waals surface area contributed by atoms with Crippen LogP contribution in [0, 0.1) is 11.3 Å². The number of rotatable bonds is 6. The summed E-state index contributed by atoms with van der Waals surface area (Å²) in [6.45, 7) is 8.01. The van der Waals surface area contributed by atoms with Crippen molar-refractivity contribution in [3.8, 4) is 0 Å². The lowest BCUT2D eigenvalue weighted by molar-refractivity contribution is -0.155. The summed E-state index contributed by atoms with van der Waals surface area (Å²) < 4.78 is 4.57. The molecule has 0 aromatic carbocycles. The summed E-state index contributed by atoms with van der Waals surface area (Å²) in [6, 6.07) is 0. The Kier molecular flexibility index (Phi) is 5.53. The lowest BCUT2D eigenvalue weighted by atomic mass is 9.76. The molecule has 0 aliphatic heterocycles. The fourth-order valence-electron chi connectivity index (χ4n) is 1.56. The predicted molar refractivity (Wildman–Crippen MR) is 69.4 cm³/mol. The summed E-state index contributed by atoms with van der Waals surface area (Å²) in [5, 5.41) is 11.7. The molecule has 0 bridgehead atoms. The van der Waals surface area contributed by atoms with Crippen LogP contribution in [-0.4, -0.2) is 35.6 Å². The lowest BCUT2D eigenvalue weighted by Crippen LogP contribution is -2.52. The molecule has 0 spiro atoms. The number of nitrogens with one attached hydrogen (secondary N) is 1. The highest BCUT2D eigenvalue weighted by molar-refractivity contribution is 5.90. The molecule has 1 amide bonds. The van der Waals surface area contributed by atoms with Crippen LogP contribution in [0.4, 0.5) is 0 Å². The molecule has 0 rings (SSSR count). The summed E-state index contributed by atoms with van der Waals surface area (Å²) in [6.07, 6.45) is -0.194. The highest BCUT2D eigenvalue weighted by Crippen LogP contribution is 2.31. The van der Waals surface area contributed by atoms with Crippen LogP contribution in [0.5, 0.6) is 0 Å². The molecule has 0 aromatic heterocycles. The second-order valence-electron chi connectivity index (χ2n) is 5.72. The van der Waals surface area contributed by atoms with Crippen LogP contribution in [0.1, 0.15) is 41.0 Å². The molecule has 0 aliphatic rings. The maximum atomic E-state index is 11.9. The Morgan fingerprint density at radius 2 is 1.68 bits per heavy atom. The van der Waals surface area contributed by atoms with Gasteiger partial charge < -0.3 is 15.2 Å². The highest BCUT2D eigenvalue weighted by atomic mass is 16.5. The summed E-state index contributed by atoms with van der Waals surface area (Å²) in [5.74, 6) is -2.32. The van der Waals surface area contributed by atoms with Crippen molar-refractivity contribution in [1.29, 1.82) is 0 Å². The van der Waals surface area contributed by atoms with Crippen molar-refractivity contribution >= 4 is 17.8 Å². The minimum atomic E-state index is -1.18. The Balaban J connectivity index is 4.88. The Morgan fingerprint density at radius 3 is 2.00 bits per heavy atom. The molecule has 0 radical (unpaired) electrons. The molecule has 0 saturated carbocycles. The third-order valence-electron chi connectivity index (χ3n) is 3.44. The van der Waals surface area contributed by atoms with Gasteiger partial charge in [-0.3, -0.25) is 9.59 Å². The smallest absolute Gasteiger partial charge is 0.330 e. The van der Waals surface area contributed by atoms with E-state index in [0.717, 1.165) is 0 Å². The maximum absolute atomic E-state index is 11.9. The highest BCUT2D eigenvalue weighted by Gasteiger charge is 2.40. The first-order chi connectivity index (χ1) is 8.47. The van der Waals surface area contributed by atoms with E-state index in [0.29, 0.717) is 0 Å². The number of esters is 1.